The molecule has 0 saturated heterocycles. The van der Waals surface area contributed by atoms with Crippen molar-refractivity contribution in [1.82, 2.24) is 0 Å². The van der Waals surface area contributed by atoms with Gasteiger partial charge in [0.2, 0.25) is 0 Å². The summed E-state index contributed by atoms with van der Waals surface area (Å²) >= 11 is 0. The van der Waals surface area contributed by atoms with Crippen LogP contribution in [0.25, 0.3) is 0 Å². The van der Waals surface area contributed by atoms with E-state index < -0.39 is 0 Å². The molecule has 0 amide bonds. The summed E-state index contributed by atoms with van der Waals surface area (Å²) in [7, 11) is 0. The molecule has 4 nitrogen and oxygen atoms in total. The number of allylic oxidation sites excluding steroid dienone is 3. The first-order chi connectivity index (χ1) is 14.2. The van der Waals surface area contributed by atoms with Gasteiger partial charge < -0.3 is 4.74 Å². The molecule has 0 radical (unpaired) electrons. The molecule has 4 aliphatic rings. The maximum atomic E-state index is 12.2. The molecule has 30 heavy (non-hydrogen) atoms. The third kappa shape index (κ3) is 3.40. The molecule has 0 aromatic rings. The van der Waals surface area contributed by atoms with Crippen LogP contribution in [0.4, 0.5) is 0 Å². The van der Waals surface area contributed by atoms with Crippen LogP contribution in [0.5, 0.6) is 0 Å². The molecular formula is C26H36O4. The largest absolute Gasteiger partial charge is 0.423 e. The lowest BCUT2D eigenvalue weighted by molar-refractivity contribution is -0.142. The quantitative estimate of drug-likeness (QED) is 0.262. The zero-order chi connectivity index (χ0) is 21.7. The maximum absolute atomic E-state index is 12.2. The highest BCUT2D eigenvalue weighted by atomic mass is 16.5. The molecule has 0 bridgehead atoms. The lowest BCUT2D eigenvalue weighted by Crippen LogP contribution is -2.49. The van der Waals surface area contributed by atoms with Gasteiger partial charge in [0, 0.05) is 12.8 Å². The van der Waals surface area contributed by atoms with Crippen LogP contribution in [0.1, 0.15) is 85.5 Å². The van der Waals surface area contributed by atoms with Gasteiger partial charge in [-0.05, 0) is 91.1 Å². The third-order valence-corrected chi connectivity index (χ3v) is 8.95. The summed E-state index contributed by atoms with van der Waals surface area (Å²) in [5.41, 5.74) is 2.55. The summed E-state index contributed by atoms with van der Waals surface area (Å²) in [5, 5.41) is 0. The number of esters is 1. The lowest BCUT2D eigenvalue weighted by atomic mass is 9.47. The normalized spacial score (nSPS) is 39.6. The van der Waals surface area contributed by atoms with Gasteiger partial charge >= 0.3 is 5.97 Å². The number of carbonyl (C=O) groups is 3. The summed E-state index contributed by atoms with van der Waals surface area (Å²) in [5.74, 6) is 2.27. The predicted molar refractivity (Wildman–Crippen MR) is 115 cm³/mol. The van der Waals surface area contributed by atoms with Crippen LogP contribution in [-0.4, -0.2) is 18.0 Å². The van der Waals surface area contributed by atoms with E-state index in [1.165, 1.54) is 5.57 Å². The molecule has 3 saturated carbocycles. The van der Waals surface area contributed by atoms with E-state index in [1.54, 1.807) is 0 Å². The molecule has 4 heteroatoms. The van der Waals surface area contributed by atoms with E-state index in [1.807, 2.05) is 19.9 Å². The van der Waals surface area contributed by atoms with Gasteiger partial charge in [0.1, 0.15) is 0 Å². The monoisotopic (exact) mass is 412 g/mol. The van der Waals surface area contributed by atoms with Gasteiger partial charge in [-0.1, -0.05) is 33.3 Å². The summed E-state index contributed by atoms with van der Waals surface area (Å²) in [6.07, 6.45) is 11.0. The number of rotatable bonds is 4. The van der Waals surface area contributed by atoms with Crippen LogP contribution in [0, 0.1) is 34.5 Å². The van der Waals surface area contributed by atoms with Gasteiger partial charge in [-0.15, -0.1) is 0 Å². The van der Waals surface area contributed by atoms with Gasteiger partial charge in [-0.2, -0.15) is 0 Å². The summed E-state index contributed by atoms with van der Waals surface area (Å²) in [6.45, 7) is 8.65. The van der Waals surface area contributed by atoms with Crippen LogP contribution in [0.2, 0.25) is 0 Å². The first kappa shape index (κ1) is 21.5. The fraction of sp³-hybridized carbons (Fsp3) is 0.731. The average molecular weight is 413 g/mol. The van der Waals surface area contributed by atoms with Crippen molar-refractivity contribution in [2.75, 3.05) is 0 Å². The van der Waals surface area contributed by atoms with E-state index in [0.29, 0.717) is 36.4 Å². The molecule has 164 valence electrons. The fourth-order valence-corrected chi connectivity index (χ4v) is 7.43. The second-order valence-corrected chi connectivity index (χ2v) is 11.0. The molecule has 0 unspecified atom stereocenters. The first-order valence-electron chi connectivity index (χ1n) is 11.8. The van der Waals surface area contributed by atoms with Crippen molar-refractivity contribution >= 4 is 18.0 Å². The first-order valence-corrected chi connectivity index (χ1v) is 11.8. The molecule has 4 rings (SSSR count). The second-order valence-electron chi connectivity index (χ2n) is 11.0. The highest BCUT2D eigenvalue weighted by Gasteiger charge is 2.58. The molecule has 0 N–H and O–H groups in total. The number of carbonyl (C=O) groups excluding carboxylic acids is 3. The maximum Gasteiger partial charge on any atom is 0.311 e. The molecule has 0 heterocycles. The molecule has 0 spiro atoms. The minimum atomic E-state index is -0.299. The third-order valence-electron chi connectivity index (χ3n) is 8.95. The van der Waals surface area contributed by atoms with Crippen molar-refractivity contribution in [2.24, 2.45) is 34.5 Å². The van der Waals surface area contributed by atoms with Gasteiger partial charge in [0.15, 0.2) is 17.8 Å². The van der Waals surface area contributed by atoms with Crippen molar-refractivity contribution in [2.45, 2.75) is 85.5 Å². The molecule has 3 fully saturated rings. The predicted octanol–water partition coefficient (Wildman–Crippen LogP) is 5.56. The smallest absolute Gasteiger partial charge is 0.311 e. The number of hydrogen-bond acceptors (Lipinski definition) is 4. The van der Waals surface area contributed by atoms with Crippen LogP contribution >= 0.6 is 0 Å². The van der Waals surface area contributed by atoms with Crippen molar-refractivity contribution in [3.63, 3.8) is 0 Å². The van der Waals surface area contributed by atoms with Gasteiger partial charge in [-0.3, -0.25) is 14.4 Å². The number of fused-ring (bicyclic) bond motifs is 5. The fourth-order valence-electron chi connectivity index (χ4n) is 7.43. The summed E-state index contributed by atoms with van der Waals surface area (Å²) < 4.78 is 5.59. The molecule has 0 aliphatic heterocycles. The number of aldehydes is 1. The van der Waals surface area contributed by atoms with E-state index in [9.17, 15) is 14.4 Å². The minimum absolute atomic E-state index is 0.0580. The van der Waals surface area contributed by atoms with Crippen LogP contribution < -0.4 is 0 Å². The summed E-state index contributed by atoms with van der Waals surface area (Å²) in [6, 6.07) is 0. The van der Waals surface area contributed by atoms with E-state index in [0.717, 1.165) is 56.8 Å². The molecule has 0 aromatic heterocycles. The molecule has 5 atom stereocenters. The lowest BCUT2D eigenvalue weighted by Gasteiger charge is -2.57. The Kier molecular flexibility index (Phi) is 5.57. The van der Waals surface area contributed by atoms with E-state index in [-0.39, 0.29) is 28.5 Å². The highest BCUT2D eigenvalue weighted by molar-refractivity contribution is 5.91. The van der Waals surface area contributed by atoms with E-state index in [2.05, 4.69) is 13.8 Å². The molecule has 4 aliphatic carbocycles. The van der Waals surface area contributed by atoms with Crippen molar-refractivity contribution < 1.29 is 19.1 Å². The topological polar surface area (TPSA) is 60.4 Å². The Bertz CT molecular complexity index is 819. The Labute approximate surface area is 180 Å². The van der Waals surface area contributed by atoms with Crippen LogP contribution in [0.3, 0.4) is 0 Å². The SMILES string of the molecule is CC(C)CC(=O)OC(C=O)=C1CC[C@H]2[C@@H]3CCC4=CC(=O)CC[C@]4(C)[C@H]3CC[C@]12C. The van der Waals surface area contributed by atoms with Crippen molar-refractivity contribution in [3.8, 4) is 0 Å². The number of ketones is 1. The molecular weight excluding hydrogens is 376 g/mol. The van der Waals surface area contributed by atoms with Gasteiger partial charge in [0.25, 0.3) is 0 Å². The Morgan fingerprint density at radius 1 is 1.10 bits per heavy atom. The van der Waals surface area contributed by atoms with Gasteiger partial charge in [-0.25, -0.2) is 0 Å². The Hall–Kier alpha value is -1.71. The van der Waals surface area contributed by atoms with Crippen molar-refractivity contribution in [1.29, 1.82) is 0 Å². The number of hydrogen-bond donors (Lipinski definition) is 0. The second kappa shape index (κ2) is 7.76. The minimum Gasteiger partial charge on any atom is -0.423 e. The van der Waals surface area contributed by atoms with Crippen molar-refractivity contribution in [3.05, 3.63) is 23.0 Å². The summed E-state index contributed by atoms with van der Waals surface area (Å²) in [4.78, 5) is 36.2. The Balaban J connectivity index is 1.61. The highest BCUT2D eigenvalue weighted by Crippen LogP contribution is 2.66. The van der Waals surface area contributed by atoms with Crippen LogP contribution in [-0.2, 0) is 19.1 Å². The van der Waals surface area contributed by atoms with Gasteiger partial charge in [0.05, 0.1) is 0 Å². The van der Waals surface area contributed by atoms with E-state index in [4.69, 9.17) is 4.74 Å². The zero-order valence-electron chi connectivity index (χ0n) is 19.0. The Morgan fingerprint density at radius 3 is 2.53 bits per heavy atom. The van der Waals surface area contributed by atoms with E-state index >= 15 is 0 Å². The molecule has 0 aromatic carbocycles. The Morgan fingerprint density at radius 2 is 1.83 bits per heavy atom. The van der Waals surface area contributed by atoms with Crippen LogP contribution in [0.15, 0.2) is 23.0 Å². The zero-order valence-corrected chi connectivity index (χ0v) is 19.0. The number of ether oxygens (including phenoxy) is 1. The average Bonchev–Trinajstić information content (AvgIpc) is 3.03. The standard InChI is InChI=1S/C26H36O4/c1-16(2)13-24(29)30-23(15-27)22-8-7-20-19-6-5-17-14-18(28)9-11-25(17,3)21(19)10-12-26(20,22)4/h14-16,19-21H,5-13H2,1-4H3/t19-,20-,21-,25-,26-/m0/s1.